The zero-order chi connectivity index (χ0) is 17.8. The summed E-state index contributed by atoms with van der Waals surface area (Å²) >= 11 is 0. The molecular weight excluding hydrogens is 343 g/mol. The number of halogens is 3. The van der Waals surface area contributed by atoms with Gasteiger partial charge in [-0.05, 0) is 23.3 Å². The van der Waals surface area contributed by atoms with Gasteiger partial charge in [-0.1, -0.05) is 12.1 Å². The Bertz CT molecular complexity index is 1210. The molecule has 0 fully saturated rings. The lowest BCUT2D eigenvalue weighted by Crippen LogP contribution is -1.95. The van der Waals surface area contributed by atoms with Gasteiger partial charge in [-0.3, -0.25) is 9.39 Å². The molecule has 5 rings (SSSR count). The van der Waals surface area contributed by atoms with Crippen molar-refractivity contribution in [2.24, 2.45) is 4.99 Å². The molecule has 0 saturated carbocycles. The third kappa shape index (κ3) is 2.10. The highest BCUT2D eigenvalue weighted by Crippen LogP contribution is 2.36. The van der Waals surface area contributed by atoms with E-state index in [-0.39, 0.29) is 17.1 Å². The quantitative estimate of drug-likeness (QED) is 0.494. The van der Waals surface area contributed by atoms with E-state index in [0.29, 0.717) is 18.3 Å². The van der Waals surface area contributed by atoms with Crippen LogP contribution >= 0.6 is 0 Å². The predicted molar refractivity (Wildman–Crippen MR) is 89.5 cm³/mol. The summed E-state index contributed by atoms with van der Waals surface area (Å²) in [6.45, 7) is 0.619. The summed E-state index contributed by atoms with van der Waals surface area (Å²) in [7, 11) is 0. The minimum absolute atomic E-state index is 0.132. The van der Waals surface area contributed by atoms with E-state index >= 15 is 0 Å². The number of hydrogen-bond acceptors (Lipinski definition) is 3. The van der Waals surface area contributed by atoms with Gasteiger partial charge < -0.3 is 4.42 Å². The monoisotopic (exact) mass is 353 g/mol. The van der Waals surface area contributed by atoms with E-state index in [1.54, 1.807) is 16.8 Å². The minimum Gasteiger partial charge on any atom is -0.432 e. The van der Waals surface area contributed by atoms with Crippen molar-refractivity contribution in [2.45, 2.75) is 6.54 Å². The molecule has 0 atom stereocenters. The van der Waals surface area contributed by atoms with Crippen LogP contribution in [0.3, 0.4) is 0 Å². The number of rotatable bonds is 2. The number of aliphatic imine (C=N–C) groups is 1. The van der Waals surface area contributed by atoms with Gasteiger partial charge in [-0.2, -0.15) is 4.98 Å². The molecule has 2 aromatic heterocycles. The number of nitrogens with zero attached hydrogens (tertiary/aromatic N) is 3. The lowest BCUT2D eigenvalue weighted by molar-refractivity contribution is 0.496. The normalized spacial score (nSPS) is 12.9. The second kappa shape index (κ2) is 5.32. The zero-order valence-corrected chi connectivity index (χ0v) is 13.2. The Kier molecular flexibility index (Phi) is 3.06. The Labute approximate surface area is 145 Å². The molecule has 0 radical (unpaired) electrons. The second-order valence-corrected chi connectivity index (χ2v) is 5.99. The number of imidazole rings is 1. The molecule has 128 valence electrons. The van der Waals surface area contributed by atoms with Gasteiger partial charge in [0.05, 0.1) is 12.2 Å². The van der Waals surface area contributed by atoms with Crippen LogP contribution in [0.5, 0.6) is 0 Å². The Hall–Kier alpha value is -3.35. The summed E-state index contributed by atoms with van der Waals surface area (Å²) in [5, 5.41) is 0. The first-order valence-electron chi connectivity index (χ1n) is 7.85. The van der Waals surface area contributed by atoms with Crippen LogP contribution in [0.2, 0.25) is 0 Å². The molecule has 26 heavy (non-hydrogen) atoms. The number of fused-ring (bicyclic) bond motifs is 2. The molecule has 0 saturated heterocycles. The fourth-order valence-electron chi connectivity index (χ4n) is 3.20. The van der Waals surface area contributed by atoms with Crippen molar-refractivity contribution < 1.29 is 17.6 Å². The first kappa shape index (κ1) is 14.9. The third-order valence-electron chi connectivity index (χ3n) is 4.44. The van der Waals surface area contributed by atoms with Gasteiger partial charge in [0.2, 0.25) is 0 Å². The second-order valence-electron chi connectivity index (χ2n) is 5.99. The summed E-state index contributed by atoms with van der Waals surface area (Å²) in [6.07, 6.45) is 4.86. The predicted octanol–water partition coefficient (Wildman–Crippen LogP) is 4.61. The molecule has 0 bridgehead atoms. The number of hydrogen-bond donors (Lipinski definition) is 0. The Morgan fingerprint density at radius 3 is 2.73 bits per heavy atom. The Balaban J connectivity index is 1.80. The third-order valence-corrected chi connectivity index (χ3v) is 4.44. The maximum Gasteiger partial charge on any atom is 0.306 e. The molecule has 0 N–H and O–H groups in total. The molecule has 1 aliphatic heterocycles. The van der Waals surface area contributed by atoms with E-state index in [0.717, 1.165) is 22.8 Å². The van der Waals surface area contributed by atoms with Gasteiger partial charge in [-0.25, -0.2) is 13.2 Å². The van der Waals surface area contributed by atoms with Crippen LogP contribution in [-0.2, 0) is 6.54 Å². The molecule has 0 unspecified atom stereocenters. The van der Waals surface area contributed by atoms with Crippen molar-refractivity contribution in [3.8, 4) is 22.5 Å². The van der Waals surface area contributed by atoms with E-state index in [4.69, 9.17) is 4.42 Å². The van der Waals surface area contributed by atoms with Crippen LogP contribution in [0, 0.1) is 17.5 Å². The highest BCUT2D eigenvalue weighted by molar-refractivity contribution is 5.89. The fourth-order valence-corrected chi connectivity index (χ4v) is 3.20. The highest BCUT2D eigenvalue weighted by atomic mass is 19.2. The maximum atomic E-state index is 14.4. The molecule has 1 aliphatic rings. The number of benzene rings is 2. The van der Waals surface area contributed by atoms with Crippen molar-refractivity contribution >= 4 is 12.1 Å². The van der Waals surface area contributed by atoms with E-state index in [1.165, 1.54) is 6.26 Å². The average molecular weight is 353 g/mol. The number of aromatic nitrogens is 2. The van der Waals surface area contributed by atoms with Crippen LogP contribution < -0.4 is 0 Å². The summed E-state index contributed by atoms with van der Waals surface area (Å²) in [4.78, 5) is 8.50. The van der Waals surface area contributed by atoms with Crippen molar-refractivity contribution in [1.29, 1.82) is 0 Å². The van der Waals surface area contributed by atoms with E-state index in [1.807, 2.05) is 18.2 Å². The summed E-state index contributed by atoms with van der Waals surface area (Å²) < 4.78 is 48.3. The maximum absolute atomic E-state index is 14.4. The van der Waals surface area contributed by atoms with Crippen molar-refractivity contribution in [1.82, 2.24) is 9.38 Å². The molecular formula is C19H10F3N3O. The minimum atomic E-state index is -1.25. The van der Waals surface area contributed by atoms with Gasteiger partial charge in [0, 0.05) is 29.6 Å². The topological polar surface area (TPSA) is 42.8 Å². The van der Waals surface area contributed by atoms with Gasteiger partial charge in [0.1, 0.15) is 17.8 Å². The molecule has 4 nitrogen and oxygen atoms in total. The smallest absolute Gasteiger partial charge is 0.306 e. The zero-order valence-electron chi connectivity index (χ0n) is 13.2. The summed E-state index contributed by atoms with van der Waals surface area (Å²) in [5.74, 6) is -3.05. The van der Waals surface area contributed by atoms with Gasteiger partial charge in [0.15, 0.2) is 11.6 Å². The molecule has 4 aromatic rings. The van der Waals surface area contributed by atoms with Crippen molar-refractivity contribution in [2.75, 3.05) is 0 Å². The molecule has 2 aromatic carbocycles. The van der Waals surface area contributed by atoms with Gasteiger partial charge >= 0.3 is 5.84 Å². The van der Waals surface area contributed by atoms with E-state index < -0.39 is 17.5 Å². The molecule has 0 spiro atoms. The Morgan fingerprint density at radius 2 is 1.85 bits per heavy atom. The van der Waals surface area contributed by atoms with Crippen molar-refractivity contribution in [3.05, 3.63) is 71.4 Å². The van der Waals surface area contributed by atoms with Crippen LogP contribution in [-0.4, -0.2) is 15.6 Å². The van der Waals surface area contributed by atoms with Crippen molar-refractivity contribution in [3.63, 3.8) is 0 Å². The SMILES string of the molecule is Fc1cc(F)c(-c2nc3occn3c2-c2ccc3c(c2)C=NC3)cc1F. The van der Waals surface area contributed by atoms with Gasteiger partial charge in [0.25, 0.3) is 0 Å². The first-order valence-corrected chi connectivity index (χ1v) is 7.85. The molecule has 3 heterocycles. The van der Waals surface area contributed by atoms with Crippen LogP contribution in [0.15, 0.2) is 52.2 Å². The fraction of sp³-hybridized carbons (Fsp3) is 0.0526. The molecule has 0 aliphatic carbocycles. The largest absolute Gasteiger partial charge is 0.432 e. The lowest BCUT2D eigenvalue weighted by atomic mass is 10.0. The average Bonchev–Trinajstić information content (AvgIpc) is 3.32. The summed E-state index contributed by atoms with van der Waals surface area (Å²) in [5.41, 5.74) is 3.36. The first-order chi connectivity index (χ1) is 12.6. The standard InChI is InChI=1S/C19H10F3N3O/c20-14-7-16(22)15(21)6-13(14)17-18(25-3-4-26-19(25)24-17)10-1-2-11-8-23-9-12(11)5-10/h1-7,9H,8H2. The van der Waals surface area contributed by atoms with Crippen LogP contribution in [0.25, 0.3) is 28.4 Å². The van der Waals surface area contributed by atoms with Gasteiger partial charge in [-0.15, -0.1) is 0 Å². The molecule has 0 amide bonds. The van der Waals surface area contributed by atoms with E-state index in [2.05, 4.69) is 9.98 Å². The lowest BCUT2D eigenvalue weighted by Gasteiger charge is -2.08. The summed E-state index contributed by atoms with van der Waals surface area (Å²) in [6, 6.07) is 7.03. The molecule has 7 heteroatoms. The van der Waals surface area contributed by atoms with Crippen LogP contribution in [0.1, 0.15) is 11.1 Å². The van der Waals surface area contributed by atoms with Crippen LogP contribution in [0.4, 0.5) is 13.2 Å². The van der Waals surface area contributed by atoms with E-state index in [9.17, 15) is 13.2 Å². The highest BCUT2D eigenvalue weighted by Gasteiger charge is 2.23. The Morgan fingerprint density at radius 1 is 1.00 bits per heavy atom. The number of oxazole rings is 1.